The Morgan fingerprint density at radius 3 is 2.25 bits per heavy atom. The Kier molecular flexibility index (Phi) is 1.11. The third-order valence-electron chi connectivity index (χ3n) is 3.80. The average Bonchev–Trinajstić information content (AvgIpc) is 2.75. The summed E-state index contributed by atoms with van der Waals surface area (Å²) in [6.07, 6.45) is 8.37. The molecule has 4 atom stereocenters. The van der Waals surface area contributed by atoms with Gasteiger partial charge in [0, 0.05) is 13.1 Å². The zero-order valence-corrected chi connectivity index (χ0v) is 6.98. The van der Waals surface area contributed by atoms with Crippen molar-refractivity contribution in [3.05, 3.63) is 12.2 Å². The molecule has 2 bridgehead atoms. The predicted molar refractivity (Wildman–Crippen MR) is 44.9 cm³/mol. The highest BCUT2D eigenvalue weighted by molar-refractivity contribution is 5.17. The fraction of sp³-hybridized carbons (Fsp3) is 0.700. The highest BCUT2D eigenvalue weighted by Gasteiger charge is 2.48. The minimum absolute atomic E-state index is 0.804. The minimum atomic E-state index is 0.804. The van der Waals surface area contributed by atoms with Crippen LogP contribution in [0, 0.1) is 35.1 Å². The maximum Gasteiger partial charge on any atom is 0.179 e. The van der Waals surface area contributed by atoms with Crippen LogP contribution in [0.3, 0.4) is 0 Å². The fourth-order valence-electron chi connectivity index (χ4n) is 3.23. The first kappa shape index (κ1) is 6.54. The largest absolute Gasteiger partial charge is 0.310 e. The van der Waals surface area contributed by atoms with Crippen LogP contribution < -0.4 is 0 Å². The second kappa shape index (κ2) is 2.04. The van der Waals surface area contributed by atoms with Crippen molar-refractivity contribution in [1.82, 2.24) is 4.90 Å². The van der Waals surface area contributed by atoms with Crippen molar-refractivity contribution in [2.45, 2.75) is 6.42 Å². The van der Waals surface area contributed by atoms with Gasteiger partial charge in [-0.2, -0.15) is 5.26 Å². The summed E-state index contributed by atoms with van der Waals surface area (Å²) in [6.45, 7) is 2.04. The van der Waals surface area contributed by atoms with Crippen molar-refractivity contribution in [3.8, 4) is 6.19 Å². The number of nitriles is 1. The Labute approximate surface area is 72.5 Å². The topological polar surface area (TPSA) is 27.0 Å². The normalized spacial score (nSPS) is 48.1. The zero-order chi connectivity index (χ0) is 8.13. The van der Waals surface area contributed by atoms with Crippen molar-refractivity contribution in [2.75, 3.05) is 13.1 Å². The van der Waals surface area contributed by atoms with Gasteiger partial charge < -0.3 is 4.90 Å². The molecule has 0 N–H and O–H groups in total. The summed E-state index contributed by atoms with van der Waals surface area (Å²) in [5.41, 5.74) is 0. The van der Waals surface area contributed by atoms with E-state index >= 15 is 0 Å². The van der Waals surface area contributed by atoms with Crippen LogP contribution in [-0.4, -0.2) is 18.0 Å². The molecule has 12 heavy (non-hydrogen) atoms. The van der Waals surface area contributed by atoms with Crippen molar-refractivity contribution >= 4 is 0 Å². The zero-order valence-electron chi connectivity index (χ0n) is 6.98. The molecule has 2 nitrogen and oxygen atoms in total. The Bertz CT molecular complexity index is 256. The van der Waals surface area contributed by atoms with Gasteiger partial charge in [-0.15, -0.1) is 0 Å². The molecule has 3 rings (SSSR count). The van der Waals surface area contributed by atoms with Gasteiger partial charge >= 0.3 is 0 Å². The Balaban J connectivity index is 1.87. The first-order valence-electron chi connectivity index (χ1n) is 4.71. The molecule has 1 aliphatic heterocycles. The summed E-state index contributed by atoms with van der Waals surface area (Å²) in [4.78, 5) is 1.93. The first-order valence-corrected chi connectivity index (χ1v) is 4.71. The minimum Gasteiger partial charge on any atom is -0.310 e. The van der Waals surface area contributed by atoms with Gasteiger partial charge in [0.25, 0.3) is 0 Å². The molecule has 0 aromatic carbocycles. The van der Waals surface area contributed by atoms with E-state index in [2.05, 4.69) is 18.3 Å². The third kappa shape index (κ3) is 0.646. The van der Waals surface area contributed by atoms with E-state index in [1.54, 1.807) is 0 Å². The first-order chi connectivity index (χ1) is 5.88. The maximum atomic E-state index is 8.77. The number of nitrogens with zero attached hydrogens (tertiary/aromatic N) is 2. The van der Waals surface area contributed by atoms with Crippen molar-refractivity contribution < 1.29 is 0 Å². The van der Waals surface area contributed by atoms with E-state index in [9.17, 15) is 0 Å². The lowest BCUT2D eigenvalue weighted by molar-refractivity contribution is 0.395. The van der Waals surface area contributed by atoms with Gasteiger partial charge in [0.05, 0.1) is 0 Å². The van der Waals surface area contributed by atoms with E-state index in [1.165, 1.54) is 6.42 Å². The van der Waals surface area contributed by atoms with Crippen molar-refractivity contribution in [2.24, 2.45) is 23.7 Å². The quantitative estimate of drug-likeness (QED) is 0.393. The van der Waals surface area contributed by atoms with Crippen LogP contribution in [0.5, 0.6) is 0 Å². The predicted octanol–water partition coefficient (Wildman–Crippen LogP) is 1.22. The van der Waals surface area contributed by atoms with E-state index in [0.717, 1.165) is 36.8 Å². The van der Waals surface area contributed by atoms with Crippen LogP contribution in [-0.2, 0) is 0 Å². The van der Waals surface area contributed by atoms with Gasteiger partial charge in [-0.1, -0.05) is 12.2 Å². The molecule has 3 aliphatic rings. The van der Waals surface area contributed by atoms with E-state index in [4.69, 9.17) is 5.26 Å². The summed E-state index contributed by atoms with van der Waals surface area (Å²) in [7, 11) is 0. The summed E-state index contributed by atoms with van der Waals surface area (Å²) in [6, 6.07) is 0. The van der Waals surface area contributed by atoms with Gasteiger partial charge in [-0.25, -0.2) is 0 Å². The molecule has 2 unspecified atom stereocenters. The number of fused-ring (bicyclic) bond motifs is 5. The fourth-order valence-corrected chi connectivity index (χ4v) is 3.23. The van der Waals surface area contributed by atoms with Crippen molar-refractivity contribution in [1.29, 1.82) is 5.26 Å². The standard InChI is InChI=1S/C10H12N2/c11-6-12-4-9-7-1-2-8(3-7)10(9)5-12/h1-2,7-10H,3-5H2/t7?,8?,9-,10+. The highest BCUT2D eigenvalue weighted by atomic mass is 15.2. The molecular weight excluding hydrogens is 148 g/mol. The summed E-state index contributed by atoms with van der Waals surface area (Å²) < 4.78 is 0. The molecule has 62 valence electrons. The summed E-state index contributed by atoms with van der Waals surface area (Å²) >= 11 is 0. The summed E-state index contributed by atoms with van der Waals surface area (Å²) in [5, 5.41) is 8.77. The van der Waals surface area contributed by atoms with Gasteiger partial charge in [-0.05, 0) is 30.1 Å². The molecule has 0 aromatic heterocycles. The lowest BCUT2D eigenvalue weighted by Crippen LogP contribution is -2.16. The number of hydrogen-bond donors (Lipinski definition) is 0. The molecule has 2 aliphatic carbocycles. The molecule has 1 saturated heterocycles. The van der Waals surface area contributed by atoms with E-state index < -0.39 is 0 Å². The van der Waals surface area contributed by atoms with Crippen LogP contribution in [0.2, 0.25) is 0 Å². The van der Waals surface area contributed by atoms with Gasteiger partial charge in [0.2, 0.25) is 0 Å². The lowest BCUT2D eigenvalue weighted by atomic mass is 9.86. The molecule has 0 amide bonds. The number of likely N-dealkylation sites (tertiary alicyclic amines) is 1. The second-order valence-corrected chi connectivity index (χ2v) is 4.28. The Morgan fingerprint density at radius 2 is 1.75 bits per heavy atom. The lowest BCUT2D eigenvalue weighted by Gasteiger charge is -2.17. The van der Waals surface area contributed by atoms with Crippen LogP contribution in [0.4, 0.5) is 0 Å². The van der Waals surface area contributed by atoms with Crippen LogP contribution in [0.25, 0.3) is 0 Å². The van der Waals surface area contributed by atoms with Crippen molar-refractivity contribution in [3.63, 3.8) is 0 Å². The molecule has 0 spiro atoms. The van der Waals surface area contributed by atoms with Gasteiger partial charge in [0.15, 0.2) is 6.19 Å². The molecule has 2 heteroatoms. The summed E-state index contributed by atoms with van der Waals surface area (Å²) in [5.74, 6) is 3.22. The van der Waals surface area contributed by atoms with E-state index in [1.807, 2.05) is 4.90 Å². The monoisotopic (exact) mass is 160 g/mol. The number of allylic oxidation sites excluding steroid dienone is 2. The molecular formula is C10H12N2. The van der Waals surface area contributed by atoms with Crippen LogP contribution in [0.1, 0.15) is 6.42 Å². The number of hydrogen-bond acceptors (Lipinski definition) is 2. The number of rotatable bonds is 0. The third-order valence-corrected chi connectivity index (χ3v) is 3.80. The highest BCUT2D eigenvalue weighted by Crippen LogP contribution is 2.50. The van der Waals surface area contributed by atoms with E-state index in [-0.39, 0.29) is 0 Å². The molecule has 1 saturated carbocycles. The average molecular weight is 160 g/mol. The molecule has 0 aromatic rings. The van der Waals surface area contributed by atoms with Crippen LogP contribution in [0.15, 0.2) is 12.2 Å². The second-order valence-electron chi connectivity index (χ2n) is 4.28. The maximum absolute atomic E-state index is 8.77. The smallest absolute Gasteiger partial charge is 0.179 e. The van der Waals surface area contributed by atoms with Gasteiger partial charge in [0.1, 0.15) is 0 Å². The SMILES string of the molecule is N#CN1C[C@@H]2C3C=CC(C3)[C@@H]2C1. The Morgan fingerprint density at radius 1 is 1.17 bits per heavy atom. The Hall–Kier alpha value is -0.970. The van der Waals surface area contributed by atoms with Crippen LogP contribution >= 0.6 is 0 Å². The van der Waals surface area contributed by atoms with E-state index in [0.29, 0.717) is 0 Å². The molecule has 0 radical (unpaired) electrons. The molecule has 1 heterocycles. The van der Waals surface area contributed by atoms with Gasteiger partial charge in [-0.3, -0.25) is 0 Å². The molecule has 2 fully saturated rings.